The van der Waals surface area contributed by atoms with Crippen LogP contribution in [0.5, 0.6) is 11.5 Å². The molecule has 8 heteroatoms. The quantitative estimate of drug-likeness (QED) is 0.370. The molecule has 0 aromatic heterocycles. The van der Waals surface area contributed by atoms with E-state index in [1.54, 1.807) is 31.2 Å². The molecule has 1 heterocycles. The average molecular weight is 409 g/mol. The number of phenols is 1. The second-order valence-corrected chi connectivity index (χ2v) is 7.31. The number of carbonyl (C=O) groups excluding carboxylic acids is 3. The van der Waals surface area contributed by atoms with E-state index < -0.39 is 29.9 Å². The normalized spacial score (nSPS) is 18.1. The third-order valence-corrected chi connectivity index (χ3v) is 4.64. The number of phenolic OH excluding ortho intramolecular Hbond substituents is 1. The molecule has 8 nitrogen and oxygen atoms in total. The fourth-order valence-electron chi connectivity index (χ4n) is 3.02. The highest BCUT2D eigenvalue weighted by molar-refractivity contribution is 6.10. The molecule has 30 heavy (non-hydrogen) atoms. The Balaban J connectivity index is 1.69. The molecule has 4 amide bonds. The van der Waals surface area contributed by atoms with Crippen LogP contribution in [0, 0.1) is 0 Å². The summed E-state index contributed by atoms with van der Waals surface area (Å²) >= 11 is 0. The fraction of sp³-hybridized carbons (Fsp3) is 0.227. The smallest absolute Gasteiger partial charge is 0.325 e. The van der Waals surface area contributed by atoms with Crippen LogP contribution in [0.2, 0.25) is 0 Å². The van der Waals surface area contributed by atoms with Gasteiger partial charge in [-0.25, -0.2) is 4.79 Å². The average Bonchev–Trinajstić information content (AvgIpc) is 2.92. The summed E-state index contributed by atoms with van der Waals surface area (Å²) in [5.74, 6) is -0.373. The van der Waals surface area contributed by atoms with Gasteiger partial charge in [0.1, 0.15) is 30.2 Å². The summed E-state index contributed by atoms with van der Waals surface area (Å²) in [5.41, 5.74) is 0.608. The van der Waals surface area contributed by atoms with Gasteiger partial charge in [0.05, 0.1) is 0 Å². The lowest BCUT2D eigenvalue weighted by molar-refractivity contribution is -0.133. The van der Waals surface area contributed by atoms with E-state index in [4.69, 9.17) is 4.74 Å². The second kappa shape index (κ2) is 8.28. The molecular formula is C22H23N3O5. The fourth-order valence-corrected chi connectivity index (χ4v) is 3.02. The number of urea groups is 1. The van der Waals surface area contributed by atoms with E-state index in [9.17, 15) is 19.5 Å². The first-order chi connectivity index (χ1) is 14.2. The van der Waals surface area contributed by atoms with Crippen molar-refractivity contribution in [3.8, 4) is 11.5 Å². The number of hydrogen-bond donors (Lipinski definition) is 3. The molecule has 1 unspecified atom stereocenters. The maximum atomic E-state index is 13.0. The van der Waals surface area contributed by atoms with E-state index in [-0.39, 0.29) is 5.75 Å². The van der Waals surface area contributed by atoms with Gasteiger partial charge in [-0.15, -0.1) is 0 Å². The molecule has 156 valence electrons. The molecular weight excluding hydrogens is 386 g/mol. The SMILES string of the molecule is C=C(C)COc1ccc(C2(C)NC(=O)N(CC(=O)Nc3ccc(O)cc3)C2=O)cc1. The molecule has 1 fully saturated rings. The first-order valence-electron chi connectivity index (χ1n) is 9.30. The lowest BCUT2D eigenvalue weighted by Gasteiger charge is -2.22. The van der Waals surface area contributed by atoms with Gasteiger partial charge >= 0.3 is 6.03 Å². The van der Waals surface area contributed by atoms with Gasteiger partial charge in [-0.1, -0.05) is 18.7 Å². The Bertz CT molecular complexity index is 985. The predicted octanol–water partition coefficient (Wildman–Crippen LogP) is 2.75. The first kappa shape index (κ1) is 20.9. The van der Waals surface area contributed by atoms with Crippen LogP contribution in [0.4, 0.5) is 10.5 Å². The summed E-state index contributed by atoms with van der Waals surface area (Å²) in [6.07, 6.45) is 0. The number of anilines is 1. The van der Waals surface area contributed by atoms with E-state index in [0.717, 1.165) is 10.5 Å². The zero-order valence-corrected chi connectivity index (χ0v) is 16.8. The zero-order valence-electron chi connectivity index (χ0n) is 16.8. The molecule has 0 spiro atoms. The summed E-state index contributed by atoms with van der Waals surface area (Å²) < 4.78 is 5.55. The Hall–Kier alpha value is -3.81. The highest BCUT2D eigenvalue weighted by Crippen LogP contribution is 2.30. The van der Waals surface area contributed by atoms with Gasteiger partial charge in [-0.2, -0.15) is 0 Å². The van der Waals surface area contributed by atoms with Gasteiger partial charge in [-0.3, -0.25) is 14.5 Å². The Morgan fingerprint density at radius 3 is 2.40 bits per heavy atom. The number of imide groups is 1. The zero-order chi connectivity index (χ0) is 21.9. The van der Waals surface area contributed by atoms with E-state index >= 15 is 0 Å². The Kier molecular flexibility index (Phi) is 5.77. The van der Waals surface area contributed by atoms with Crippen LogP contribution >= 0.6 is 0 Å². The molecule has 3 rings (SSSR count). The molecule has 1 aliphatic heterocycles. The third-order valence-electron chi connectivity index (χ3n) is 4.64. The van der Waals surface area contributed by atoms with Crippen molar-refractivity contribution >= 4 is 23.5 Å². The minimum absolute atomic E-state index is 0.0638. The topological polar surface area (TPSA) is 108 Å². The van der Waals surface area contributed by atoms with Crippen LogP contribution in [-0.2, 0) is 15.1 Å². The van der Waals surface area contributed by atoms with E-state index in [1.807, 2.05) is 6.92 Å². The van der Waals surface area contributed by atoms with Crippen molar-refractivity contribution in [2.45, 2.75) is 19.4 Å². The van der Waals surface area contributed by atoms with Gasteiger partial charge in [-0.05, 0) is 61.4 Å². The number of hydrogen-bond acceptors (Lipinski definition) is 5. The summed E-state index contributed by atoms with van der Waals surface area (Å²) in [5, 5.41) is 14.5. The van der Waals surface area contributed by atoms with E-state index in [1.165, 1.54) is 24.3 Å². The molecule has 1 saturated heterocycles. The van der Waals surface area contributed by atoms with Crippen LogP contribution in [0.1, 0.15) is 19.4 Å². The number of carbonyl (C=O) groups is 3. The maximum absolute atomic E-state index is 13.0. The maximum Gasteiger partial charge on any atom is 0.325 e. The minimum atomic E-state index is -1.29. The van der Waals surface area contributed by atoms with Crippen molar-refractivity contribution in [1.82, 2.24) is 10.2 Å². The van der Waals surface area contributed by atoms with E-state index in [0.29, 0.717) is 23.6 Å². The highest BCUT2D eigenvalue weighted by Gasteiger charge is 2.49. The van der Waals surface area contributed by atoms with Gasteiger partial charge in [0, 0.05) is 5.69 Å². The molecule has 0 bridgehead atoms. The number of ether oxygens (including phenoxy) is 1. The monoisotopic (exact) mass is 409 g/mol. The summed E-state index contributed by atoms with van der Waals surface area (Å²) in [4.78, 5) is 38.5. The first-order valence-corrected chi connectivity index (χ1v) is 9.30. The van der Waals surface area contributed by atoms with Crippen LogP contribution < -0.4 is 15.4 Å². The molecule has 2 aromatic rings. The van der Waals surface area contributed by atoms with Crippen molar-refractivity contribution in [2.75, 3.05) is 18.5 Å². The van der Waals surface area contributed by atoms with Crippen molar-refractivity contribution in [1.29, 1.82) is 0 Å². The number of rotatable bonds is 7. The van der Waals surface area contributed by atoms with Crippen molar-refractivity contribution in [3.05, 3.63) is 66.2 Å². The van der Waals surface area contributed by atoms with Crippen LogP contribution in [-0.4, -0.2) is 41.0 Å². The predicted molar refractivity (Wildman–Crippen MR) is 111 cm³/mol. The third kappa shape index (κ3) is 4.43. The van der Waals surface area contributed by atoms with Crippen LogP contribution in [0.15, 0.2) is 60.7 Å². The minimum Gasteiger partial charge on any atom is -0.508 e. The molecule has 0 saturated carbocycles. The Labute approximate surface area is 174 Å². The molecule has 0 aliphatic carbocycles. The number of nitrogens with one attached hydrogen (secondary N) is 2. The number of aromatic hydroxyl groups is 1. The van der Waals surface area contributed by atoms with Gasteiger partial charge in [0.15, 0.2) is 0 Å². The summed E-state index contributed by atoms with van der Waals surface area (Å²) in [6.45, 7) is 7.18. The number of benzene rings is 2. The van der Waals surface area contributed by atoms with Crippen LogP contribution in [0.25, 0.3) is 0 Å². The second-order valence-electron chi connectivity index (χ2n) is 7.31. The lowest BCUT2D eigenvalue weighted by atomic mass is 9.92. The Morgan fingerprint density at radius 1 is 1.17 bits per heavy atom. The molecule has 2 aromatic carbocycles. The van der Waals surface area contributed by atoms with Crippen molar-refractivity contribution < 1.29 is 24.2 Å². The summed E-state index contributed by atoms with van der Waals surface area (Å²) in [7, 11) is 0. The standard InChI is InChI=1S/C22H23N3O5/c1-14(2)13-30-18-10-4-15(5-11-18)22(3)20(28)25(21(29)24-22)12-19(27)23-16-6-8-17(26)9-7-16/h4-11,26H,1,12-13H2,2-3H3,(H,23,27)(H,24,29). The number of nitrogens with zero attached hydrogens (tertiary/aromatic N) is 1. The molecule has 3 N–H and O–H groups in total. The molecule has 1 aliphatic rings. The van der Waals surface area contributed by atoms with Crippen LogP contribution in [0.3, 0.4) is 0 Å². The molecule has 1 atom stereocenters. The van der Waals surface area contributed by atoms with Gasteiger partial charge in [0.25, 0.3) is 5.91 Å². The van der Waals surface area contributed by atoms with Crippen molar-refractivity contribution in [3.63, 3.8) is 0 Å². The van der Waals surface area contributed by atoms with Gasteiger partial charge < -0.3 is 20.5 Å². The van der Waals surface area contributed by atoms with Gasteiger partial charge in [0.2, 0.25) is 5.91 Å². The largest absolute Gasteiger partial charge is 0.508 e. The number of amides is 4. The lowest BCUT2D eigenvalue weighted by Crippen LogP contribution is -2.42. The molecule has 0 radical (unpaired) electrons. The van der Waals surface area contributed by atoms with Crippen molar-refractivity contribution in [2.24, 2.45) is 0 Å². The Morgan fingerprint density at radius 2 is 1.80 bits per heavy atom. The van der Waals surface area contributed by atoms with E-state index in [2.05, 4.69) is 17.2 Å². The highest BCUT2D eigenvalue weighted by atomic mass is 16.5. The summed E-state index contributed by atoms with van der Waals surface area (Å²) in [6, 6.07) is 12.0.